The minimum Gasteiger partial charge on any atom is -0.504 e. The molecule has 7 heteroatoms. The Morgan fingerprint density at radius 1 is 1.22 bits per heavy atom. The van der Waals surface area contributed by atoms with E-state index in [1.807, 2.05) is 0 Å². The van der Waals surface area contributed by atoms with Gasteiger partial charge < -0.3 is 4.74 Å². The van der Waals surface area contributed by atoms with E-state index in [1.165, 1.54) is 35.7 Å². The average molecular weight is 349 g/mol. The number of methoxy groups -OCH3 is 1. The van der Waals surface area contributed by atoms with Crippen LogP contribution in [0.5, 0.6) is 0 Å². The van der Waals surface area contributed by atoms with Crippen molar-refractivity contribution in [3.8, 4) is 0 Å². The van der Waals surface area contributed by atoms with Crippen molar-refractivity contribution < 1.29 is 13.2 Å². The molecule has 0 saturated heterocycles. The third-order valence-electron chi connectivity index (χ3n) is 3.29. The lowest BCUT2D eigenvalue weighted by atomic mass is 10.3. The number of aromatic nitrogens is 2. The number of nitrogens with zero attached hydrogens (tertiary/aromatic N) is 2. The van der Waals surface area contributed by atoms with Gasteiger partial charge in [-0.1, -0.05) is 29.8 Å². The van der Waals surface area contributed by atoms with Gasteiger partial charge >= 0.3 is 0 Å². The molecule has 0 radical (unpaired) electrons. The van der Waals surface area contributed by atoms with Crippen LogP contribution in [0.4, 0.5) is 0 Å². The molecule has 0 bridgehead atoms. The highest BCUT2D eigenvalue weighted by molar-refractivity contribution is 7.90. The zero-order chi connectivity index (χ0) is 16.4. The van der Waals surface area contributed by atoms with Gasteiger partial charge in [0.15, 0.2) is 5.65 Å². The van der Waals surface area contributed by atoms with Gasteiger partial charge in [0.05, 0.1) is 29.0 Å². The van der Waals surface area contributed by atoms with Gasteiger partial charge in [-0.25, -0.2) is 17.4 Å². The van der Waals surface area contributed by atoms with E-state index < -0.39 is 10.0 Å². The first-order chi connectivity index (χ1) is 11.1. The Hall–Kier alpha value is -2.31. The van der Waals surface area contributed by atoms with Crippen molar-refractivity contribution in [2.24, 2.45) is 0 Å². The van der Waals surface area contributed by atoms with E-state index in [1.54, 1.807) is 36.4 Å². The molecule has 0 saturated carbocycles. The first-order valence-corrected chi connectivity index (χ1v) is 8.53. The van der Waals surface area contributed by atoms with Crippen molar-refractivity contribution in [1.29, 1.82) is 0 Å². The molecule has 23 heavy (non-hydrogen) atoms. The molecule has 0 atom stereocenters. The van der Waals surface area contributed by atoms with Gasteiger partial charge in [-0.05, 0) is 30.3 Å². The normalized spacial score (nSPS) is 12.1. The highest BCUT2D eigenvalue weighted by Crippen LogP contribution is 2.29. The fourth-order valence-electron chi connectivity index (χ4n) is 2.27. The smallest absolute Gasteiger partial charge is 0.269 e. The lowest BCUT2D eigenvalue weighted by molar-refractivity contribution is 0.341. The lowest BCUT2D eigenvalue weighted by Gasteiger charge is -2.09. The third kappa shape index (κ3) is 2.71. The number of halogens is 1. The highest BCUT2D eigenvalue weighted by Gasteiger charge is 2.23. The summed E-state index contributed by atoms with van der Waals surface area (Å²) in [5, 5.41) is 0.994. The van der Waals surface area contributed by atoms with Gasteiger partial charge in [-0.15, -0.1) is 0 Å². The summed E-state index contributed by atoms with van der Waals surface area (Å²) < 4.78 is 32.1. The molecule has 3 rings (SSSR count). The largest absolute Gasteiger partial charge is 0.504 e. The van der Waals surface area contributed by atoms with Crippen LogP contribution in [0.15, 0.2) is 59.8 Å². The van der Waals surface area contributed by atoms with E-state index in [0.29, 0.717) is 16.1 Å². The van der Waals surface area contributed by atoms with Gasteiger partial charge in [-0.3, -0.25) is 0 Å². The maximum Gasteiger partial charge on any atom is 0.269 e. The van der Waals surface area contributed by atoms with Crippen molar-refractivity contribution in [1.82, 2.24) is 8.96 Å². The topological polar surface area (TPSA) is 61.2 Å². The maximum atomic E-state index is 13.0. The van der Waals surface area contributed by atoms with Crippen LogP contribution in [-0.4, -0.2) is 24.5 Å². The number of hydrogen-bond donors (Lipinski definition) is 0. The van der Waals surface area contributed by atoms with Crippen molar-refractivity contribution in [2.45, 2.75) is 4.90 Å². The quantitative estimate of drug-likeness (QED) is 0.676. The third-order valence-corrected chi connectivity index (χ3v) is 5.35. The summed E-state index contributed by atoms with van der Waals surface area (Å²) in [7, 11) is -2.32. The second-order valence-corrected chi connectivity index (χ2v) is 6.91. The fraction of sp³-hybridized carbons (Fsp3) is 0.0625. The first kappa shape index (κ1) is 15.6. The Morgan fingerprint density at radius 3 is 2.65 bits per heavy atom. The Morgan fingerprint density at radius 2 is 1.96 bits per heavy atom. The van der Waals surface area contributed by atoms with E-state index >= 15 is 0 Å². The molecule has 0 fully saturated rings. The average Bonchev–Trinajstić information content (AvgIpc) is 2.94. The van der Waals surface area contributed by atoms with E-state index in [4.69, 9.17) is 16.3 Å². The molecular weight excluding hydrogens is 336 g/mol. The SMILES string of the molecule is COC=Cc1cc2c(Cl)ccnc2n1S(=O)(=O)c1ccccc1. The standard InChI is InChI=1S/C16H13ClN2O3S/c1-22-10-8-12-11-14-15(17)7-9-18-16(14)19(12)23(20,21)13-5-3-2-4-6-13/h2-11H,1H3. The number of fused-ring (bicyclic) bond motifs is 1. The second-order valence-electron chi connectivity index (χ2n) is 4.72. The van der Waals surface area contributed by atoms with Crippen LogP contribution < -0.4 is 0 Å². The second kappa shape index (κ2) is 6.06. The molecule has 5 nitrogen and oxygen atoms in total. The zero-order valence-electron chi connectivity index (χ0n) is 12.2. The van der Waals surface area contributed by atoms with Crippen molar-refractivity contribution in [2.75, 3.05) is 7.11 Å². The van der Waals surface area contributed by atoms with Crippen LogP contribution in [0.1, 0.15) is 5.69 Å². The molecule has 0 amide bonds. The number of hydrogen-bond acceptors (Lipinski definition) is 4. The van der Waals surface area contributed by atoms with Crippen LogP contribution in [0.3, 0.4) is 0 Å². The molecule has 3 aromatic rings. The highest BCUT2D eigenvalue weighted by atomic mass is 35.5. The fourth-order valence-corrected chi connectivity index (χ4v) is 3.94. The molecule has 0 spiro atoms. The molecule has 0 aliphatic rings. The van der Waals surface area contributed by atoms with Crippen LogP contribution in [0, 0.1) is 0 Å². The first-order valence-electron chi connectivity index (χ1n) is 6.71. The van der Waals surface area contributed by atoms with E-state index in [2.05, 4.69) is 4.98 Å². The van der Waals surface area contributed by atoms with Crippen LogP contribution >= 0.6 is 11.6 Å². The summed E-state index contributed by atoms with van der Waals surface area (Å²) in [5.74, 6) is 0. The van der Waals surface area contributed by atoms with E-state index in [-0.39, 0.29) is 10.5 Å². The van der Waals surface area contributed by atoms with E-state index in [0.717, 1.165) is 0 Å². The Labute approximate surface area is 138 Å². The summed E-state index contributed by atoms with van der Waals surface area (Å²) in [6.45, 7) is 0. The molecule has 0 aliphatic heterocycles. The van der Waals surface area contributed by atoms with Gasteiger partial charge in [0.1, 0.15) is 0 Å². The Bertz CT molecular complexity index is 979. The summed E-state index contributed by atoms with van der Waals surface area (Å²) in [5.41, 5.74) is 0.684. The molecule has 2 heterocycles. The van der Waals surface area contributed by atoms with Crippen molar-refractivity contribution in [3.63, 3.8) is 0 Å². The number of benzene rings is 1. The molecule has 0 aliphatic carbocycles. The number of ether oxygens (including phenoxy) is 1. The van der Waals surface area contributed by atoms with Crippen molar-refractivity contribution in [3.05, 3.63) is 65.6 Å². The molecule has 0 unspecified atom stereocenters. The van der Waals surface area contributed by atoms with Gasteiger partial charge in [0.2, 0.25) is 0 Å². The zero-order valence-corrected chi connectivity index (χ0v) is 13.8. The predicted molar refractivity (Wildman–Crippen MR) is 89.8 cm³/mol. The Kier molecular flexibility index (Phi) is 4.11. The summed E-state index contributed by atoms with van der Waals surface area (Å²) in [6.07, 6.45) is 4.43. The minimum absolute atomic E-state index is 0.173. The van der Waals surface area contributed by atoms with Gasteiger partial charge in [0, 0.05) is 11.6 Å². The Balaban J connectivity index is 2.35. The monoisotopic (exact) mass is 348 g/mol. The molecular formula is C16H13ClN2O3S. The lowest BCUT2D eigenvalue weighted by Crippen LogP contribution is -2.14. The maximum absolute atomic E-state index is 13.0. The van der Waals surface area contributed by atoms with E-state index in [9.17, 15) is 8.42 Å². The predicted octanol–water partition coefficient (Wildman–Crippen LogP) is 3.54. The number of pyridine rings is 1. The molecule has 118 valence electrons. The van der Waals surface area contributed by atoms with Gasteiger partial charge in [0.25, 0.3) is 10.0 Å². The molecule has 2 aromatic heterocycles. The summed E-state index contributed by atoms with van der Waals surface area (Å²) in [4.78, 5) is 4.36. The summed E-state index contributed by atoms with van der Waals surface area (Å²) >= 11 is 6.17. The van der Waals surface area contributed by atoms with Gasteiger partial charge in [-0.2, -0.15) is 0 Å². The van der Waals surface area contributed by atoms with Crippen molar-refractivity contribution >= 4 is 38.7 Å². The minimum atomic E-state index is -3.81. The molecule has 0 N–H and O–H groups in total. The van der Waals surface area contributed by atoms with Crippen LogP contribution in [-0.2, 0) is 14.8 Å². The summed E-state index contributed by atoms with van der Waals surface area (Å²) in [6, 6.07) is 11.5. The number of rotatable bonds is 4. The van der Waals surface area contributed by atoms with Crippen LogP contribution in [0.25, 0.3) is 17.1 Å². The molecule has 1 aromatic carbocycles. The van der Waals surface area contributed by atoms with Crippen LogP contribution in [0.2, 0.25) is 5.02 Å².